The van der Waals surface area contributed by atoms with Crippen molar-refractivity contribution in [2.75, 3.05) is 0 Å². The predicted molar refractivity (Wildman–Crippen MR) is 59.2 cm³/mol. The van der Waals surface area contributed by atoms with Crippen LogP contribution in [-0.4, -0.2) is 16.1 Å². The molecule has 0 radical (unpaired) electrons. The van der Waals surface area contributed by atoms with Gasteiger partial charge in [-0.2, -0.15) is 0 Å². The summed E-state index contributed by atoms with van der Waals surface area (Å²) in [6.45, 7) is 1.74. The van der Waals surface area contributed by atoms with E-state index in [1.165, 1.54) is 0 Å². The highest BCUT2D eigenvalue weighted by Crippen LogP contribution is 2.23. The molecule has 0 fully saturated rings. The van der Waals surface area contributed by atoms with E-state index in [0.717, 1.165) is 4.88 Å². The van der Waals surface area contributed by atoms with Gasteiger partial charge in [-0.3, -0.25) is 0 Å². The van der Waals surface area contributed by atoms with Gasteiger partial charge in [0, 0.05) is 0 Å². The van der Waals surface area contributed by atoms with E-state index in [9.17, 15) is 4.79 Å². The maximum absolute atomic E-state index is 10.9. The van der Waals surface area contributed by atoms with Crippen LogP contribution in [0.3, 0.4) is 0 Å². The molecule has 0 saturated carbocycles. The van der Waals surface area contributed by atoms with Crippen molar-refractivity contribution in [1.82, 2.24) is 4.98 Å². The standard InChI is InChI=1S/C11H9NO2S/c1-7-4-5-8(9-3-2-6-15-9)12-10(7)11(13)14/h2-6H,1H3,(H,13,14). The van der Waals surface area contributed by atoms with E-state index < -0.39 is 5.97 Å². The van der Waals surface area contributed by atoms with Gasteiger partial charge in [0.05, 0.1) is 10.6 Å². The molecule has 1 N–H and O–H groups in total. The van der Waals surface area contributed by atoms with Gasteiger partial charge in [-0.1, -0.05) is 12.1 Å². The molecule has 0 aliphatic carbocycles. The molecule has 0 aliphatic heterocycles. The smallest absolute Gasteiger partial charge is 0.354 e. The van der Waals surface area contributed by atoms with Gasteiger partial charge in [-0.15, -0.1) is 11.3 Å². The fraction of sp³-hybridized carbons (Fsp3) is 0.0909. The molecule has 2 aromatic heterocycles. The summed E-state index contributed by atoms with van der Waals surface area (Å²) < 4.78 is 0. The Balaban J connectivity index is 2.52. The highest BCUT2D eigenvalue weighted by atomic mass is 32.1. The number of hydrogen-bond donors (Lipinski definition) is 1. The minimum atomic E-state index is -0.981. The van der Waals surface area contributed by atoms with Crippen LogP contribution in [0.4, 0.5) is 0 Å². The van der Waals surface area contributed by atoms with Crippen molar-refractivity contribution in [1.29, 1.82) is 0 Å². The second-order valence-electron chi connectivity index (χ2n) is 3.14. The number of thiophene rings is 1. The van der Waals surface area contributed by atoms with Crippen molar-refractivity contribution in [3.05, 3.63) is 40.9 Å². The van der Waals surface area contributed by atoms with Crippen LogP contribution in [0.25, 0.3) is 10.6 Å². The lowest BCUT2D eigenvalue weighted by atomic mass is 10.2. The molecule has 2 aromatic rings. The van der Waals surface area contributed by atoms with E-state index in [-0.39, 0.29) is 5.69 Å². The van der Waals surface area contributed by atoms with Gasteiger partial charge < -0.3 is 5.11 Å². The summed E-state index contributed by atoms with van der Waals surface area (Å²) in [6, 6.07) is 7.47. The summed E-state index contributed by atoms with van der Waals surface area (Å²) in [7, 11) is 0. The maximum atomic E-state index is 10.9. The molecule has 3 nitrogen and oxygen atoms in total. The van der Waals surface area contributed by atoms with E-state index >= 15 is 0 Å². The van der Waals surface area contributed by atoms with Crippen molar-refractivity contribution >= 4 is 17.3 Å². The maximum Gasteiger partial charge on any atom is 0.354 e. The van der Waals surface area contributed by atoms with Gasteiger partial charge in [-0.05, 0) is 30.0 Å². The lowest BCUT2D eigenvalue weighted by Crippen LogP contribution is -2.03. The lowest BCUT2D eigenvalue weighted by molar-refractivity contribution is 0.0690. The van der Waals surface area contributed by atoms with Crippen LogP contribution in [0.2, 0.25) is 0 Å². The first-order chi connectivity index (χ1) is 7.18. The number of hydrogen-bond acceptors (Lipinski definition) is 3. The summed E-state index contributed by atoms with van der Waals surface area (Å²) >= 11 is 1.55. The zero-order valence-corrected chi connectivity index (χ0v) is 8.91. The van der Waals surface area contributed by atoms with Crippen LogP contribution >= 0.6 is 11.3 Å². The SMILES string of the molecule is Cc1ccc(-c2cccs2)nc1C(=O)O. The third kappa shape index (κ3) is 1.89. The van der Waals surface area contributed by atoms with Crippen LogP contribution < -0.4 is 0 Å². The highest BCUT2D eigenvalue weighted by Gasteiger charge is 2.10. The van der Waals surface area contributed by atoms with Crippen LogP contribution in [0.5, 0.6) is 0 Å². The molecule has 0 atom stereocenters. The van der Waals surface area contributed by atoms with Crippen LogP contribution in [0.15, 0.2) is 29.6 Å². The average molecular weight is 219 g/mol. The molecule has 0 amide bonds. The Bertz CT molecular complexity index is 491. The molecule has 76 valence electrons. The van der Waals surface area contributed by atoms with E-state index in [2.05, 4.69) is 4.98 Å². The first kappa shape index (κ1) is 9.86. The lowest BCUT2D eigenvalue weighted by Gasteiger charge is -2.02. The van der Waals surface area contributed by atoms with Crippen molar-refractivity contribution in [2.24, 2.45) is 0 Å². The molecule has 0 unspecified atom stereocenters. The van der Waals surface area contributed by atoms with Gasteiger partial charge in [0.15, 0.2) is 5.69 Å². The Morgan fingerprint density at radius 3 is 2.80 bits per heavy atom. The zero-order valence-electron chi connectivity index (χ0n) is 8.10. The van der Waals surface area contributed by atoms with Gasteiger partial charge in [0.25, 0.3) is 0 Å². The molecule has 0 aromatic carbocycles. The minimum absolute atomic E-state index is 0.126. The van der Waals surface area contributed by atoms with Crippen molar-refractivity contribution in [3.63, 3.8) is 0 Å². The first-order valence-corrected chi connectivity index (χ1v) is 5.31. The number of pyridine rings is 1. The van der Waals surface area contributed by atoms with Crippen LogP contribution in [0, 0.1) is 6.92 Å². The fourth-order valence-electron chi connectivity index (χ4n) is 1.31. The van der Waals surface area contributed by atoms with Gasteiger partial charge in [-0.25, -0.2) is 9.78 Å². The van der Waals surface area contributed by atoms with Crippen LogP contribution in [-0.2, 0) is 0 Å². The molecule has 0 aliphatic rings. The quantitative estimate of drug-likeness (QED) is 0.844. The number of carboxylic acids is 1. The Kier molecular flexibility index (Phi) is 2.51. The Labute approximate surface area is 91.0 Å². The summed E-state index contributed by atoms with van der Waals surface area (Å²) in [5.74, 6) is -0.981. The van der Waals surface area contributed by atoms with Gasteiger partial charge >= 0.3 is 5.97 Å². The molecule has 2 rings (SSSR count). The number of nitrogens with zero attached hydrogens (tertiary/aromatic N) is 1. The van der Waals surface area contributed by atoms with Crippen molar-refractivity contribution < 1.29 is 9.90 Å². The van der Waals surface area contributed by atoms with E-state index in [1.807, 2.05) is 23.6 Å². The molecular formula is C11H9NO2S. The molecular weight excluding hydrogens is 210 g/mol. The first-order valence-electron chi connectivity index (χ1n) is 4.43. The number of aryl methyl sites for hydroxylation is 1. The Morgan fingerprint density at radius 2 is 2.20 bits per heavy atom. The van der Waals surface area contributed by atoms with E-state index in [0.29, 0.717) is 11.3 Å². The molecule has 0 saturated heterocycles. The number of rotatable bonds is 2. The second kappa shape index (κ2) is 3.82. The third-order valence-corrected chi connectivity index (χ3v) is 2.97. The summed E-state index contributed by atoms with van der Waals surface area (Å²) in [5.41, 5.74) is 1.52. The summed E-state index contributed by atoms with van der Waals surface area (Å²) in [6.07, 6.45) is 0. The summed E-state index contributed by atoms with van der Waals surface area (Å²) in [5, 5.41) is 10.9. The number of aromatic nitrogens is 1. The topological polar surface area (TPSA) is 50.2 Å². The number of aromatic carboxylic acids is 1. The van der Waals surface area contributed by atoms with Crippen LogP contribution in [0.1, 0.15) is 16.1 Å². The van der Waals surface area contributed by atoms with Gasteiger partial charge in [0.2, 0.25) is 0 Å². The normalized spacial score (nSPS) is 10.2. The van der Waals surface area contributed by atoms with Gasteiger partial charge in [0.1, 0.15) is 0 Å². The van der Waals surface area contributed by atoms with Crippen molar-refractivity contribution in [2.45, 2.75) is 6.92 Å². The largest absolute Gasteiger partial charge is 0.477 e. The molecule has 15 heavy (non-hydrogen) atoms. The second-order valence-corrected chi connectivity index (χ2v) is 4.09. The zero-order chi connectivity index (χ0) is 10.8. The molecule has 0 spiro atoms. The monoisotopic (exact) mass is 219 g/mol. The number of carboxylic acid groups (broad SMARTS) is 1. The minimum Gasteiger partial charge on any atom is -0.477 e. The Morgan fingerprint density at radius 1 is 1.40 bits per heavy atom. The number of carbonyl (C=O) groups is 1. The predicted octanol–water partition coefficient (Wildman–Crippen LogP) is 2.82. The summed E-state index contributed by atoms with van der Waals surface area (Å²) in [4.78, 5) is 16.0. The third-order valence-electron chi connectivity index (χ3n) is 2.07. The fourth-order valence-corrected chi connectivity index (χ4v) is 2.00. The Hall–Kier alpha value is -1.68. The molecule has 0 bridgehead atoms. The average Bonchev–Trinajstić information content (AvgIpc) is 2.71. The van der Waals surface area contributed by atoms with Crippen molar-refractivity contribution in [3.8, 4) is 10.6 Å². The molecule has 4 heteroatoms. The van der Waals surface area contributed by atoms with E-state index in [1.54, 1.807) is 24.3 Å². The molecule has 2 heterocycles. The van der Waals surface area contributed by atoms with E-state index in [4.69, 9.17) is 5.11 Å². The highest BCUT2D eigenvalue weighted by molar-refractivity contribution is 7.13.